The van der Waals surface area contributed by atoms with Crippen LogP contribution in [0.3, 0.4) is 0 Å². The van der Waals surface area contributed by atoms with Gasteiger partial charge in [-0.15, -0.1) is 0 Å². The number of halogens is 4. The summed E-state index contributed by atoms with van der Waals surface area (Å²) < 4.78 is 0. The molecule has 1 saturated heterocycles. The minimum Gasteiger partial charge on any atom is -0.480 e. The van der Waals surface area contributed by atoms with Gasteiger partial charge in [0.2, 0.25) is 11.9 Å². The van der Waals surface area contributed by atoms with Crippen molar-refractivity contribution in [2.45, 2.75) is 57.7 Å². The second-order valence-corrected chi connectivity index (χ2v) is 18.7. The van der Waals surface area contributed by atoms with Crippen LogP contribution >= 0.6 is 46.4 Å². The van der Waals surface area contributed by atoms with Crippen LogP contribution in [0.5, 0.6) is 0 Å². The van der Waals surface area contributed by atoms with E-state index in [0.717, 1.165) is 5.56 Å². The Morgan fingerprint density at radius 2 is 1.46 bits per heavy atom. The molecule has 3 atom stereocenters. The maximum Gasteiger partial charge on any atom is 0.326 e. The first-order chi connectivity index (χ1) is 34.5. The number of nitrogens with zero attached hydrogens (tertiary/aromatic N) is 4. The van der Waals surface area contributed by atoms with Crippen LogP contribution in [-0.2, 0) is 32.1 Å². The number of aliphatic carboxylic acids is 1. The smallest absolute Gasteiger partial charge is 0.326 e. The number of anilines is 2. The number of rotatable bonds is 20. The van der Waals surface area contributed by atoms with E-state index in [0.29, 0.717) is 73.0 Å². The molecule has 3 heterocycles. The van der Waals surface area contributed by atoms with Gasteiger partial charge >= 0.3 is 5.97 Å². The molecule has 2 aromatic heterocycles. The molecule has 6 aromatic rings. The molecule has 0 radical (unpaired) electrons. The quantitative estimate of drug-likeness (QED) is 0.0395. The van der Waals surface area contributed by atoms with Crippen molar-refractivity contribution in [2.75, 3.05) is 30.7 Å². The van der Waals surface area contributed by atoms with Gasteiger partial charge < -0.3 is 31.7 Å². The Kier molecular flexibility index (Phi) is 18.0. The van der Waals surface area contributed by atoms with Gasteiger partial charge in [0.25, 0.3) is 11.5 Å². The van der Waals surface area contributed by atoms with Gasteiger partial charge in [-0.05, 0) is 110 Å². The van der Waals surface area contributed by atoms with Crippen LogP contribution < -0.4 is 27.2 Å². The Labute approximate surface area is 434 Å². The minimum atomic E-state index is -1.34. The zero-order chi connectivity index (χ0) is 51.5. The summed E-state index contributed by atoms with van der Waals surface area (Å²) in [7, 11) is 0. The first kappa shape index (κ1) is 52.9. The fourth-order valence-electron chi connectivity index (χ4n) is 8.12. The van der Waals surface area contributed by atoms with Crippen LogP contribution in [0.4, 0.5) is 11.6 Å². The Morgan fingerprint density at radius 1 is 0.819 bits per heavy atom. The van der Waals surface area contributed by atoms with Crippen LogP contribution in [0.25, 0.3) is 23.3 Å². The van der Waals surface area contributed by atoms with E-state index in [1.165, 1.54) is 18.3 Å². The molecule has 0 saturated carbocycles. The normalized spacial score (nSPS) is 15.1. The highest BCUT2D eigenvalue weighted by Crippen LogP contribution is 2.29. The number of benzene rings is 4. The number of nitrogens with two attached hydrogens (primary N) is 1. The van der Waals surface area contributed by atoms with Crippen LogP contribution in [-0.4, -0.2) is 91.0 Å². The number of H-pyrrole nitrogens is 1. The van der Waals surface area contributed by atoms with Crippen LogP contribution in [0.1, 0.15) is 65.3 Å². The second kappa shape index (κ2) is 24.4. The van der Waals surface area contributed by atoms with Crippen molar-refractivity contribution in [1.82, 2.24) is 35.5 Å². The highest BCUT2D eigenvalue weighted by molar-refractivity contribution is 6.42. The number of carboxylic acid groups (broad SMARTS) is 1. The number of piperidine rings is 1. The topological polar surface area (TPSA) is 242 Å². The molecule has 1 unspecified atom stereocenters. The summed E-state index contributed by atoms with van der Waals surface area (Å²) in [6.45, 7) is 2.36. The summed E-state index contributed by atoms with van der Waals surface area (Å²) in [4.78, 5) is 96.4. The van der Waals surface area contributed by atoms with Gasteiger partial charge in [-0.25, -0.2) is 14.8 Å². The van der Waals surface area contributed by atoms with E-state index in [-0.39, 0.29) is 79.2 Å². The fraction of sp³-hybridized carbons (Fsp3) is 0.250. The highest BCUT2D eigenvalue weighted by atomic mass is 35.5. The highest BCUT2D eigenvalue weighted by Gasteiger charge is 2.33. The molecule has 1 fully saturated rings. The number of aromatic nitrogens is 4. The van der Waals surface area contributed by atoms with Gasteiger partial charge in [0, 0.05) is 47.8 Å². The average molecular weight is 1050 g/mol. The zero-order valence-corrected chi connectivity index (χ0v) is 41.8. The molecule has 72 heavy (non-hydrogen) atoms. The third-order valence-corrected chi connectivity index (χ3v) is 13.5. The number of ketones is 2. The zero-order valence-electron chi connectivity index (χ0n) is 38.8. The molecule has 4 aromatic carbocycles. The number of nitrogens with one attached hydrogen (secondary N) is 4. The lowest BCUT2D eigenvalue weighted by Gasteiger charge is -2.33. The molecule has 0 aliphatic carbocycles. The fourth-order valence-corrected chi connectivity index (χ4v) is 8.73. The molecule has 7 rings (SSSR count). The van der Waals surface area contributed by atoms with Crippen molar-refractivity contribution in [3.8, 4) is 0 Å². The molecular formula is C52H49Cl4N9O7. The number of amides is 2. The van der Waals surface area contributed by atoms with Gasteiger partial charge in [-0.1, -0.05) is 95.8 Å². The molecule has 1 aliphatic heterocycles. The van der Waals surface area contributed by atoms with E-state index in [9.17, 15) is 33.9 Å². The molecule has 7 N–H and O–H groups in total. The lowest BCUT2D eigenvalue weighted by molar-refractivity contribution is -0.139. The Morgan fingerprint density at radius 3 is 2.06 bits per heavy atom. The maximum absolute atomic E-state index is 14.7. The first-order valence-electron chi connectivity index (χ1n) is 22.9. The number of carbonyl (C=O) groups is 5. The number of likely N-dealkylation sites (tertiary alicyclic amines) is 1. The molecule has 2 amide bonds. The number of Topliss-reactive ketones (excluding diaryl/α,β-unsaturated/α-hetero) is 2. The summed E-state index contributed by atoms with van der Waals surface area (Å²) >= 11 is 25.0. The molecule has 0 spiro atoms. The molecule has 16 nitrogen and oxygen atoms in total. The largest absolute Gasteiger partial charge is 0.480 e. The van der Waals surface area contributed by atoms with Crippen molar-refractivity contribution in [3.05, 3.63) is 167 Å². The number of carboxylic acids is 1. The second-order valence-electron chi connectivity index (χ2n) is 17.1. The van der Waals surface area contributed by atoms with E-state index in [2.05, 4.69) is 35.9 Å². The van der Waals surface area contributed by atoms with Gasteiger partial charge in [-0.2, -0.15) is 4.98 Å². The van der Waals surface area contributed by atoms with E-state index < -0.39 is 35.4 Å². The Bertz CT molecular complexity index is 3060. The van der Waals surface area contributed by atoms with Crippen LogP contribution in [0, 0.1) is 5.92 Å². The van der Waals surface area contributed by atoms with Gasteiger partial charge in [0.1, 0.15) is 11.8 Å². The summed E-state index contributed by atoms with van der Waals surface area (Å²) in [6.07, 6.45) is 5.68. The minimum absolute atomic E-state index is 0.00682. The van der Waals surface area contributed by atoms with Crippen molar-refractivity contribution in [3.63, 3.8) is 0 Å². The summed E-state index contributed by atoms with van der Waals surface area (Å²) in [5.74, 6) is -3.17. The molecular weight excluding hydrogens is 1000 g/mol. The van der Waals surface area contributed by atoms with Gasteiger partial charge in [0.15, 0.2) is 16.9 Å². The lowest BCUT2D eigenvalue weighted by Crippen LogP contribution is -2.51. The van der Waals surface area contributed by atoms with Gasteiger partial charge in [-0.3, -0.25) is 29.0 Å². The number of nitrogen functional groups attached to an aromatic ring is 1. The van der Waals surface area contributed by atoms with Crippen molar-refractivity contribution >= 4 is 111 Å². The number of hydrogen-bond donors (Lipinski definition) is 6. The number of carbonyl (C=O) groups excluding carboxylic acids is 4. The van der Waals surface area contributed by atoms with E-state index in [1.54, 1.807) is 65.6 Å². The van der Waals surface area contributed by atoms with E-state index in [4.69, 9.17) is 52.1 Å². The maximum atomic E-state index is 14.7. The number of aromatic amines is 1. The van der Waals surface area contributed by atoms with Crippen molar-refractivity contribution in [1.29, 1.82) is 0 Å². The summed E-state index contributed by atoms with van der Waals surface area (Å²) in [5, 5.41) is 20.5. The summed E-state index contributed by atoms with van der Waals surface area (Å²) in [6, 6.07) is 23.7. The Balaban J connectivity index is 0.977. The monoisotopic (exact) mass is 1050 g/mol. The average Bonchev–Trinajstić information content (AvgIpc) is 3.36. The van der Waals surface area contributed by atoms with Gasteiger partial charge in [0.05, 0.1) is 44.6 Å². The molecule has 1 aliphatic rings. The van der Waals surface area contributed by atoms with Crippen molar-refractivity contribution in [2.24, 2.45) is 5.92 Å². The molecule has 372 valence electrons. The standard InChI is InChI=1S/C52H49Cl4N9O7/c1-2-32(44(66)17-16-42(51(71)72)62-48(68)33-10-12-36(13-11-33)59-25-37-26-60-45-47(61-37)63-52(57)64-49(45)69)18-19-58-43(24-29-6-4-3-5-7-29)50(70)65-27-34(20-30-8-14-38(53)40(55)22-30)46(67)35(28-65)21-31-9-15-39(54)41(56)23-31/h3-15,20-23,26,32,42-43,58-59H,2,16-19,24-25,27-28H2,1H3,(H,62,68)(H,71,72)(H3,57,61,63,64,69)/b34-20+,35-21+/t32?,42-,43+/m0/s1. The Hall–Kier alpha value is -6.95. The SMILES string of the molecule is CCC(CCN[C@H](Cc1ccccc1)C(=O)N1C/C(=C\c2ccc(Cl)c(Cl)c2)C(=O)/C(=C/c2ccc(Cl)c(Cl)c2)C1)C(=O)CC[C@H](NC(=O)c1ccc(NCc2cnc3c(=O)[nH]c(N)nc3n2)cc1)C(=O)O. The number of fused-ring (bicyclic) bond motifs is 1. The lowest BCUT2D eigenvalue weighted by atomic mass is 9.92. The molecule has 0 bridgehead atoms. The number of hydrogen-bond acceptors (Lipinski definition) is 12. The third kappa shape index (κ3) is 13.9. The predicted octanol–water partition coefficient (Wildman–Crippen LogP) is 8.25. The molecule has 20 heteroatoms. The van der Waals surface area contributed by atoms with Crippen LogP contribution in [0.2, 0.25) is 20.1 Å². The van der Waals surface area contributed by atoms with E-state index >= 15 is 0 Å². The first-order valence-corrected chi connectivity index (χ1v) is 24.4. The van der Waals surface area contributed by atoms with E-state index in [1.807, 2.05) is 37.3 Å². The predicted molar refractivity (Wildman–Crippen MR) is 280 cm³/mol. The van der Waals surface area contributed by atoms with Crippen molar-refractivity contribution < 1.29 is 29.1 Å². The van der Waals surface area contributed by atoms with Crippen LogP contribution in [0.15, 0.2) is 113 Å². The summed E-state index contributed by atoms with van der Waals surface area (Å²) in [5.41, 5.74) is 9.43. The third-order valence-electron chi connectivity index (χ3n) is 12.0.